The van der Waals surface area contributed by atoms with E-state index in [2.05, 4.69) is 5.32 Å². The number of amides is 1. The lowest BCUT2D eigenvalue weighted by molar-refractivity contribution is -0.158. The molecule has 1 amide bonds. The maximum Gasteiger partial charge on any atom is 0.416 e. The number of sulfonamides is 1. The molecule has 1 saturated heterocycles. The quantitative estimate of drug-likeness (QED) is 0.608. The fraction of sp³-hybridized carbons (Fsp3) is 0.391. The minimum atomic E-state index is -4.55. The SMILES string of the molecule is Cc1ccc(S(=O)(=O)N2CCC(C(=O)OC(C)C(=O)Nc3cccc(C(F)(F)F)c3)CC2)cc1. The van der Waals surface area contributed by atoms with E-state index in [0.29, 0.717) is 0 Å². The predicted molar refractivity (Wildman–Crippen MR) is 118 cm³/mol. The molecule has 1 N–H and O–H groups in total. The third-order valence-corrected chi connectivity index (χ3v) is 7.48. The number of carbonyl (C=O) groups excluding carboxylic acids is 2. The van der Waals surface area contributed by atoms with Crippen LogP contribution in [0.5, 0.6) is 0 Å². The van der Waals surface area contributed by atoms with Crippen molar-refractivity contribution in [3.05, 3.63) is 59.7 Å². The van der Waals surface area contributed by atoms with Gasteiger partial charge in [-0.25, -0.2) is 8.42 Å². The van der Waals surface area contributed by atoms with Crippen molar-refractivity contribution in [3.8, 4) is 0 Å². The molecular formula is C23H25F3N2O5S. The molecule has 0 spiro atoms. The van der Waals surface area contributed by atoms with Crippen LogP contribution >= 0.6 is 0 Å². The molecule has 2 aromatic carbocycles. The van der Waals surface area contributed by atoms with Gasteiger partial charge >= 0.3 is 12.1 Å². The Morgan fingerprint density at radius 3 is 2.29 bits per heavy atom. The smallest absolute Gasteiger partial charge is 0.416 e. The zero-order valence-corrected chi connectivity index (χ0v) is 19.4. The summed E-state index contributed by atoms with van der Waals surface area (Å²) in [7, 11) is -3.68. The van der Waals surface area contributed by atoms with E-state index in [9.17, 15) is 31.2 Å². The molecular weight excluding hydrogens is 473 g/mol. The fourth-order valence-corrected chi connectivity index (χ4v) is 5.00. The monoisotopic (exact) mass is 498 g/mol. The molecule has 0 radical (unpaired) electrons. The summed E-state index contributed by atoms with van der Waals surface area (Å²) in [6.07, 6.45) is -5.34. The second-order valence-corrected chi connectivity index (χ2v) is 10.1. The van der Waals surface area contributed by atoms with Crippen molar-refractivity contribution in [2.45, 2.75) is 43.9 Å². The first kappa shape index (κ1) is 25.7. The number of nitrogens with zero attached hydrogens (tertiary/aromatic N) is 1. The highest BCUT2D eigenvalue weighted by molar-refractivity contribution is 7.89. The summed E-state index contributed by atoms with van der Waals surface area (Å²) in [5, 5.41) is 2.31. The summed E-state index contributed by atoms with van der Waals surface area (Å²) in [5.41, 5.74) is -0.0498. The second kappa shape index (κ2) is 10.1. The van der Waals surface area contributed by atoms with Crippen LogP contribution < -0.4 is 5.32 Å². The number of esters is 1. The first-order valence-electron chi connectivity index (χ1n) is 10.6. The van der Waals surface area contributed by atoms with E-state index < -0.39 is 45.7 Å². The summed E-state index contributed by atoms with van der Waals surface area (Å²) in [6.45, 7) is 3.42. The van der Waals surface area contributed by atoms with E-state index in [1.807, 2.05) is 6.92 Å². The summed E-state index contributed by atoms with van der Waals surface area (Å²) < 4.78 is 70.6. The van der Waals surface area contributed by atoms with Crippen LogP contribution in [0.1, 0.15) is 30.9 Å². The van der Waals surface area contributed by atoms with E-state index in [1.54, 1.807) is 12.1 Å². The third-order valence-electron chi connectivity index (χ3n) is 5.57. The van der Waals surface area contributed by atoms with Crippen LogP contribution in [0.3, 0.4) is 0 Å². The Balaban J connectivity index is 1.53. The Morgan fingerprint density at radius 1 is 1.09 bits per heavy atom. The number of aryl methyl sites for hydroxylation is 1. The largest absolute Gasteiger partial charge is 0.452 e. The van der Waals surface area contributed by atoms with Gasteiger partial charge in [0.25, 0.3) is 5.91 Å². The number of benzene rings is 2. The van der Waals surface area contributed by atoms with E-state index in [1.165, 1.54) is 29.4 Å². The van der Waals surface area contributed by atoms with Gasteiger partial charge in [-0.05, 0) is 57.0 Å². The molecule has 3 rings (SSSR count). The van der Waals surface area contributed by atoms with Crippen LogP contribution in [-0.4, -0.2) is 43.8 Å². The number of anilines is 1. The van der Waals surface area contributed by atoms with Crippen LogP contribution in [-0.2, 0) is 30.5 Å². The van der Waals surface area contributed by atoms with Gasteiger partial charge in [0.2, 0.25) is 10.0 Å². The molecule has 11 heteroatoms. The molecule has 34 heavy (non-hydrogen) atoms. The number of hydrogen-bond donors (Lipinski definition) is 1. The first-order valence-corrected chi connectivity index (χ1v) is 12.1. The molecule has 0 aliphatic carbocycles. The topological polar surface area (TPSA) is 92.8 Å². The lowest BCUT2D eigenvalue weighted by atomic mass is 9.98. The molecule has 2 aromatic rings. The number of alkyl halides is 3. The normalized spacial score (nSPS) is 16.6. The molecule has 1 aliphatic heterocycles. The summed E-state index contributed by atoms with van der Waals surface area (Å²) in [6, 6.07) is 10.6. The molecule has 1 unspecified atom stereocenters. The molecule has 1 aliphatic rings. The Morgan fingerprint density at radius 2 is 1.71 bits per heavy atom. The van der Waals surface area contributed by atoms with Crippen molar-refractivity contribution in [2.24, 2.45) is 5.92 Å². The zero-order valence-electron chi connectivity index (χ0n) is 18.6. The van der Waals surface area contributed by atoms with Crippen molar-refractivity contribution in [3.63, 3.8) is 0 Å². The van der Waals surface area contributed by atoms with Crippen LogP contribution in [0.25, 0.3) is 0 Å². The highest BCUT2D eigenvalue weighted by Crippen LogP contribution is 2.31. The van der Waals surface area contributed by atoms with Crippen LogP contribution in [0.4, 0.5) is 18.9 Å². The molecule has 1 atom stereocenters. The van der Waals surface area contributed by atoms with Gasteiger partial charge in [-0.15, -0.1) is 0 Å². The maximum absolute atomic E-state index is 12.8. The number of ether oxygens (including phenoxy) is 1. The van der Waals surface area contributed by atoms with E-state index in [4.69, 9.17) is 4.74 Å². The number of piperidine rings is 1. The summed E-state index contributed by atoms with van der Waals surface area (Å²) in [4.78, 5) is 25.0. The molecule has 1 heterocycles. The van der Waals surface area contributed by atoms with Gasteiger partial charge in [-0.3, -0.25) is 9.59 Å². The van der Waals surface area contributed by atoms with Crippen molar-refractivity contribution < 1.29 is 35.9 Å². The first-order chi connectivity index (χ1) is 15.9. The lowest BCUT2D eigenvalue weighted by Gasteiger charge is -2.30. The standard InChI is InChI=1S/C23H25F3N2O5S/c1-15-6-8-20(9-7-15)34(31,32)28-12-10-17(11-13-28)22(30)33-16(2)21(29)27-19-5-3-4-18(14-19)23(24,25)26/h3-9,14,16-17H,10-13H2,1-2H3,(H,27,29). The third kappa shape index (κ3) is 6.15. The second-order valence-electron chi connectivity index (χ2n) is 8.14. The van der Waals surface area contributed by atoms with Gasteiger partial charge in [-0.1, -0.05) is 23.8 Å². The minimum absolute atomic E-state index is 0.0719. The van der Waals surface area contributed by atoms with E-state index >= 15 is 0 Å². The van der Waals surface area contributed by atoms with Crippen LogP contribution in [0.15, 0.2) is 53.4 Å². The zero-order chi connectivity index (χ0) is 25.1. The Hall–Kier alpha value is -2.92. The van der Waals surface area contributed by atoms with Gasteiger partial charge in [0, 0.05) is 18.8 Å². The summed E-state index contributed by atoms with van der Waals surface area (Å²) >= 11 is 0. The van der Waals surface area contributed by atoms with Gasteiger partial charge in [0.1, 0.15) is 0 Å². The van der Waals surface area contributed by atoms with Crippen molar-refractivity contribution in [2.75, 3.05) is 18.4 Å². The number of nitrogens with one attached hydrogen (secondary N) is 1. The Labute approximate surface area is 196 Å². The predicted octanol–water partition coefficient (Wildman–Crippen LogP) is 3.98. The molecule has 184 valence electrons. The highest BCUT2D eigenvalue weighted by Gasteiger charge is 2.34. The Bertz CT molecular complexity index is 1140. The number of carbonyl (C=O) groups is 2. The maximum atomic E-state index is 12.8. The van der Waals surface area contributed by atoms with E-state index in [-0.39, 0.29) is 36.5 Å². The highest BCUT2D eigenvalue weighted by atomic mass is 32.2. The summed E-state index contributed by atoms with van der Waals surface area (Å²) in [5.74, 6) is -2.01. The number of rotatable bonds is 6. The molecule has 0 saturated carbocycles. The van der Waals surface area contributed by atoms with Gasteiger partial charge in [0.15, 0.2) is 6.10 Å². The number of hydrogen-bond acceptors (Lipinski definition) is 5. The number of halogens is 3. The van der Waals surface area contributed by atoms with Crippen LogP contribution in [0.2, 0.25) is 0 Å². The van der Waals surface area contributed by atoms with Gasteiger partial charge < -0.3 is 10.1 Å². The molecule has 0 bridgehead atoms. The van der Waals surface area contributed by atoms with Gasteiger partial charge in [-0.2, -0.15) is 17.5 Å². The molecule has 0 aromatic heterocycles. The lowest BCUT2D eigenvalue weighted by Crippen LogP contribution is -2.41. The molecule has 7 nitrogen and oxygen atoms in total. The van der Waals surface area contributed by atoms with Crippen molar-refractivity contribution in [1.82, 2.24) is 4.31 Å². The molecule has 1 fully saturated rings. The average molecular weight is 499 g/mol. The van der Waals surface area contributed by atoms with Crippen molar-refractivity contribution in [1.29, 1.82) is 0 Å². The minimum Gasteiger partial charge on any atom is -0.452 e. The fourth-order valence-electron chi connectivity index (χ4n) is 3.53. The van der Waals surface area contributed by atoms with Crippen molar-refractivity contribution >= 4 is 27.6 Å². The van der Waals surface area contributed by atoms with Crippen LogP contribution in [0, 0.1) is 12.8 Å². The van der Waals surface area contributed by atoms with Gasteiger partial charge in [0.05, 0.1) is 16.4 Å². The van der Waals surface area contributed by atoms with E-state index in [0.717, 1.165) is 23.8 Å². The Kier molecular flexibility index (Phi) is 7.67. The average Bonchev–Trinajstić information content (AvgIpc) is 2.79.